The largest absolute Gasteiger partial charge is 0.416 e. The number of urea groups is 1. The van der Waals surface area contributed by atoms with Crippen LogP contribution in [-0.2, 0) is 6.18 Å². The zero-order chi connectivity index (χ0) is 17.6. The molecule has 0 aliphatic rings. The van der Waals surface area contributed by atoms with Crippen LogP contribution in [0.5, 0.6) is 0 Å². The van der Waals surface area contributed by atoms with Gasteiger partial charge in [-0.2, -0.15) is 13.2 Å². The Hall–Kier alpha value is -2.65. The van der Waals surface area contributed by atoms with Crippen LogP contribution in [0.25, 0.3) is 0 Å². The Kier molecular flexibility index (Phi) is 5.72. The fourth-order valence-electron chi connectivity index (χ4n) is 1.74. The van der Waals surface area contributed by atoms with Crippen LogP contribution in [0.4, 0.5) is 23.7 Å². The van der Waals surface area contributed by atoms with Crippen molar-refractivity contribution in [3.63, 3.8) is 0 Å². The molecule has 0 fully saturated rings. The summed E-state index contributed by atoms with van der Waals surface area (Å²) >= 11 is 5.94. The SMILES string of the molecule is O=C(NCC#Cc1ccccc1Cl)Nc1ccc(C(F)(F)F)cc1. The number of nitrogens with one attached hydrogen (secondary N) is 2. The molecule has 2 N–H and O–H groups in total. The Bertz CT molecular complexity index is 777. The molecule has 24 heavy (non-hydrogen) atoms. The molecule has 0 saturated heterocycles. The summed E-state index contributed by atoms with van der Waals surface area (Å²) in [4.78, 5) is 11.6. The molecule has 2 aromatic carbocycles. The van der Waals surface area contributed by atoms with E-state index in [1.807, 2.05) is 0 Å². The predicted molar refractivity (Wildman–Crippen MR) is 86.8 cm³/mol. The molecule has 0 atom stereocenters. The Morgan fingerprint density at radius 3 is 2.38 bits per heavy atom. The normalized spacial score (nSPS) is 10.5. The standard InChI is InChI=1S/C17H12ClF3N2O/c18-15-6-2-1-4-12(15)5-3-11-22-16(24)23-14-9-7-13(8-10-14)17(19,20)21/h1-2,4,6-10H,11H2,(H2,22,23,24). The minimum absolute atomic E-state index is 0.0672. The van der Waals surface area contributed by atoms with Gasteiger partial charge in [0.25, 0.3) is 0 Å². The van der Waals surface area contributed by atoms with Crippen molar-refractivity contribution < 1.29 is 18.0 Å². The van der Waals surface area contributed by atoms with Crippen LogP contribution in [0, 0.1) is 11.8 Å². The molecule has 2 rings (SSSR count). The maximum atomic E-state index is 12.4. The molecule has 0 saturated carbocycles. The highest BCUT2D eigenvalue weighted by Gasteiger charge is 2.29. The van der Waals surface area contributed by atoms with Crippen molar-refractivity contribution in [1.82, 2.24) is 5.32 Å². The first-order valence-electron chi connectivity index (χ1n) is 6.82. The number of benzene rings is 2. The monoisotopic (exact) mass is 352 g/mol. The van der Waals surface area contributed by atoms with Gasteiger partial charge >= 0.3 is 12.2 Å². The molecule has 2 amide bonds. The number of alkyl halides is 3. The second kappa shape index (κ2) is 7.75. The summed E-state index contributed by atoms with van der Waals surface area (Å²) in [6.07, 6.45) is -4.41. The van der Waals surface area contributed by atoms with E-state index in [0.29, 0.717) is 10.6 Å². The van der Waals surface area contributed by atoms with Gasteiger partial charge in [-0.05, 0) is 36.4 Å². The van der Waals surface area contributed by atoms with Crippen molar-refractivity contribution in [3.05, 3.63) is 64.7 Å². The average Bonchev–Trinajstić information content (AvgIpc) is 2.53. The summed E-state index contributed by atoms with van der Waals surface area (Å²) in [5, 5.41) is 5.41. The summed E-state index contributed by atoms with van der Waals surface area (Å²) in [7, 11) is 0. The number of halogens is 4. The molecular weight excluding hydrogens is 341 g/mol. The van der Waals surface area contributed by atoms with Crippen LogP contribution in [0.1, 0.15) is 11.1 Å². The second-order valence-corrected chi connectivity index (χ2v) is 5.07. The summed E-state index contributed by atoms with van der Waals surface area (Å²) in [6, 6.07) is 10.6. The Morgan fingerprint density at radius 2 is 1.75 bits per heavy atom. The molecule has 0 aliphatic carbocycles. The van der Waals surface area contributed by atoms with Crippen molar-refractivity contribution >= 4 is 23.3 Å². The van der Waals surface area contributed by atoms with Gasteiger partial charge in [0.05, 0.1) is 17.1 Å². The van der Waals surface area contributed by atoms with Crippen LogP contribution in [-0.4, -0.2) is 12.6 Å². The highest BCUT2D eigenvalue weighted by atomic mass is 35.5. The lowest BCUT2D eigenvalue weighted by atomic mass is 10.2. The molecule has 3 nitrogen and oxygen atoms in total. The Morgan fingerprint density at radius 1 is 1.08 bits per heavy atom. The lowest BCUT2D eigenvalue weighted by Crippen LogP contribution is -2.28. The van der Waals surface area contributed by atoms with Crippen molar-refractivity contribution in [2.45, 2.75) is 6.18 Å². The molecule has 7 heteroatoms. The van der Waals surface area contributed by atoms with Gasteiger partial charge in [-0.1, -0.05) is 35.6 Å². The zero-order valence-corrected chi connectivity index (χ0v) is 13.0. The minimum atomic E-state index is -4.41. The van der Waals surface area contributed by atoms with Gasteiger partial charge in [0, 0.05) is 11.3 Å². The Labute approximate surface area is 141 Å². The number of carbonyl (C=O) groups excluding carboxylic acids is 1. The lowest BCUT2D eigenvalue weighted by Gasteiger charge is -2.08. The molecule has 0 aliphatic heterocycles. The summed E-state index contributed by atoms with van der Waals surface area (Å²) < 4.78 is 37.3. The number of hydrogen-bond donors (Lipinski definition) is 2. The predicted octanol–water partition coefficient (Wildman–Crippen LogP) is 4.53. The maximum absolute atomic E-state index is 12.4. The van der Waals surface area contributed by atoms with Crippen LogP contribution >= 0.6 is 11.6 Å². The van der Waals surface area contributed by atoms with E-state index in [2.05, 4.69) is 22.5 Å². The first-order valence-corrected chi connectivity index (χ1v) is 7.19. The van der Waals surface area contributed by atoms with Gasteiger partial charge < -0.3 is 10.6 Å². The van der Waals surface area contributed by atoms with E-state index in [0.717, 1.165) is 12.1 Å². The molecule has 0 unspecified atom stereocenters. The average molecular weight is 353 g/mol. The van der Waals surface area contributed by atoms with Crippen LogP contribution in [0.2, 0.25) is 5.02 Å². The van der Waals surface area contributed by atoms with Crippen LogP contribution < -0.4 is 10.6 Å². The van der Waals surface area contributed by atoms with Gasteiger partial charge in [-0.25, -0.2) is 4.79 Å². The minimum Gasteiger partial charge on any atom is -0.327 e. The number of anilines is 1. The van der Waals surface area contributed by atoms with Crippen molar-refractivity contribution in [2.75, 3.05) is 11.9 Å². The summed E-state index contributed by atoms with van der Waals surface area (Å²) in [5.41, 5.74) is 0.114. The molecule has 2 aromatic rings. The highest BCUT2D eigenvalue weighted by Crippen LogP contribution is 2.29. The molecule has 0 heterocycles. The number of carbonyl (C=O) groups is 1. The molecule has 0 spiro atoms. The van der Waals surface area contributed by atoms with E-state index < -0.39 is 17.8 Å². The smallest absolute Gasteiger partial charge is 0.327 e. The molecule has 124 valence electrons. The highest BCUT2D eigenvalue weighted by molar-refractivity contribution is 6.31. The van der Waals surface area contributed by atoms with Crippen molar-refractivity contribution in [2.24, 2.45) is 0 Å². The van der Waals surface area contributed by atoms with E-state index in [9.17, 15) is 18.0 Å². The first-order chi connectivity index (χ1) is 11.4. The second-order valence-electron chi connectivity index (χ2n) is 4.66. The zero-order valence-electron chi connectivity index (χ0n) is 12.2. The topological polar surface area (TPSA) is 41.1 Å². The van der Waals surface area contributed by atoms with E-state index in [1.54, 1.807) is 24.3 Å². The third-order valence-corrected chi connectivity index (χ3v) is 3.23. The molecular formula is C17H12ClF3N2O. The van der Waals surface area contributed by atoms with Crippen molar-refractivity contribution in [3.8, 4) is 11.8 Å². The molecule has 0 bridgehead atoms. The molecule has 0 aromatic heterocycles. The summed E-state index contributed by atoms with van der Waals surface area (Å²) in [6.45, 7) is 0.0672. The van der Waals surface area contributed by atoms with E-state index >= 15 is 0 Å². The summed E-state index contributed by atoms with van der Waals surface area (Å²) in [5.74, 6) is 5.54. The van der Waals surface area contributed by atoms with Gasteiger partial charge in [0.15, 0.2) is 0 Å². The van der Waals surface area contributed by atoms with Gasteiger partial charge in [-0.3, -0.25) is 0 Å². The third-order valence-electron chi connectivity index (χ3n) is 2.90. The molecule has 0 radical (unpaired) electrons. The van der Waals surface area contributed by atoms with E-state index in [1.165, 1.54) is 12.1 Å². The van der Waals surface area contributed by atoms with Crippen LogP contribution in [0.15, 0.2) is 48.5 Å². The fourth-order valence-corrected chi connectivity index (χ4v) is 1.93. The Balaban J connectivity index is 1.85. The van der Waals surface area contributed by atoms with Crippen LogP contribution in [0.3, 0.4) is 0 Å². The fraction of sp³-hybridized carbons (Fsp3) is 0.118. The van der Waals surface area contributed by atoms with E-state index in [4.69, 9.17) is 11.6 Å². The quantitative estimate of drug-likeness (QED) is 0.766. The van der Waals surface area contributed by atoms with Crippen molar-refractivity contribution in [1.29, 1.82) is 0 Å². The van der Waals surface area contributed by atoms with Gasteiger partial charge in [0.2, 0.25) is 0 Å². The first kappa shape index (κ1) is 17.7. The number of rotatable bonds is 2. The number of hydrogen-bond acceptors (Lipinski definition) is 1. The third kappa shape index (κ3) is 5.21. The van der Waals surface area contributed by atoms with E-state index in [-0.39, 0.29) is 12.2 Å². The van der Waals surface area contributed by atoms with Gasteiger partial charge in [0.1, 0.15) is 0 Å². The number of amides is 2. The van der Waals surface area contributed by atoms with Gasteiger partial charge in [-0.15, -0.1) is 0 Å². The maximum Gasteiger partial charge on any atom is 0.416 e. The lowest BCUT2D eigenvalue weighted by molar-refractivity contribution is -0.137.